The van der Waals surface area contributed by atoms with Crippen LogP contribution in [0, 0.1) is 0 Å². The van der Waals surface area contributed by atoms with Gasteiger partial charge in [0.25, 0.3) is 0 Å². The molecule has 2 N–H and O–H groups in total. The summed E-state index contributed by atoms with van der Waals surface area (Å²) in [6, 6.07) is 9.32. The Morgan fingerprint density at radius 3 is 2.57 bits per heavy atom. The summed E-state index contributed by atoms with van der Waals surface area (Å²) in [7, 11) is 0. The van der Waals surface area contributed by atoms with Crippen LogP contribution in [0.4, 0.5) is 5.88 Å². The summed E-state index contributed by atoms with van der Waals surface area (Å²) < 4.78 is 4.76. The van der Waals surface area contributed by atoms with E-state index in [1.165, 1.54) is 0 Å². The Hall–Kier alpha value is -1.48. The van der Waals surface area contributed by atoms with Crippen molar-refractivity contribution in [2.24, 2.45) is 0 Å². The Balaban J connectivity index is 2.15. The minimum atomic E-state index is 0.342. The van der Waals surface area contributed by atoms with Crippen LogP contribution in [0.1, 0.15) is 11.3 Å². The highest BCUT2D eigenvalue weighted by molar-refractivity contribution is 6.30. The zero-order chi connectivity index (χ0) is 9.97. The zero-order valence-corrected chi connectivity index (χ0v) is 8.16. The summed E-state index contributed by atoms with van der Waals surface area (Å²) in [4.78, 5) is 0. The maximum Gasteiger partial charge on any atom is 0.222 e. The van der Waals surface area contributed by atoms with Gasteiger partial charge in [0.05, 0.1) is 5.69 Å². The second kappa shape index (κ2) is 3.72. The van der Waals surface area contributed by atoms with E-state index in [1.807, 2.05) is 24.3 Å². The molecule has 1 heterocycles. The van der Waals surface area contributed by atoms with Crippen LogP contribution in [0.15, 0.2) is 34.9 Å². The second-order valence-corrected chi connectivity index (χ2v) is 3.46. The van der Waals surface area contributed by atoms with E-state index in [-0.39, 0.29) is 0 Å². The van der Waals surface area contributed by atoms with Crippen LogP contribution < -0.4 is 5.73 Å². The van der Waals surface area contributed by atoms with Gasteiger partial charge in [-0.15, -0.1) is 0 Å². The van der Waals surface area contributed by atoms with Crippen molar-refractivity contribution >= 4 is 17.5 Å². The van der Waals surface area contributed by atoms with Gasteiger partial charge in [-0.05, 0) is 17.7 Å². The normalized spacial score (nSPS) is 10.4. The molecule has 0 aliphatic carbocycles. The van der Waals surface area contributed by atoms with Gasteiger partial charge in [0, 0.05) is 17.5 Å². The van der Waals surface area contributed by atoms with Crippen LogP contribution in [-0.2, 0) is 6.42 Å². The van der Waals surface area contributed by atoms with Crippen LogP contribution in [-0.4, -0.2) is 5.16 Å². The molecular formula is C10H9ClN2O. The monoisotopic (exact) mass is 208 g/mol. The maximum atomic E-state index is 5.76. The molecule has 3 nitrogen and oxygen atoms in total. The average molecular weight is 209 g/mol. The van der Waals surface area contributed by atoms with Crippen molar-refractivity contribution in [2.45, 2.75) is 6.42 Å². The second-order valence-electron chi connectivity index (χ2n) is 3.02. The van der Waals surface area contributed by atoms with Crippen LogP contribution in [0.5, 0.6) is 0 Å². The predicted molar refractivity (Wildman–Crippen MR) is 55.2 cm³/mol. The van der Waals surface area contributed by atoms with Gasteiger partial charge < -0.3 is 10.3 Å². The molecule has 14 heavy (non-hydrogen) atoms. The fourth-order valence-corrected chi connectivity index (χ4v) is 1.35. The van der Waals surface area contributed by atoms with E-state index >= 15 is 0 Å². The number of hydrogen-bond donors (Lipinski definition) is 1. The smallest absolute Gasteiger partial charge is 0.222 e. The summed E-state index contributed by atoms with van der Waals surface area (Å²) >= 11 is 5.76. The van der Waals surface area contributed by atoms with Crippen molar-refractivity contribution in [2.75, 3.05) is 5.73 Å². The van der Waals surface area contributed by atoms with Crippen molar-refractivity contribution in [3.8, 4) is 0 Å². The summed E-state index contributed by atoms with van der Waals surface area (Å²) in [6.45, 7) is 0. The highest BCUT2D eigenvalue weighted by atomic mass is 35.5. The fraction of sp³-hybridized carbons (Fsp3) is 0.100. The summed E-state index contributed by atoms with van der Waals surface area (Å²) in [6.07, 6.45) is 0.706. The molecular weight excluding hydrogens is 200 g/mol. The van der Waals surface area contributed by atoms with Crippen molar-refractivity contribution in [3.05, 3.63) is 46.6 Å². The molecule has 1 aromatic heterocycles. The van der Waals surface area contributed by atoms with Crippen LogP contribution in [0.2, 0.25) is 5.02 Å². The number of hydrogen-bond acceptors (Lipinski definition) is 3. The highest BCUT2D eigenvalue weighted by Gasteiger charge is 2.01. The lowest BCUT2D eigenvalue weighted by molar-refractivity contribution is 0.429. The Morgan fingerprint density at radius 2 is 2.00 bits per heavy atom. The van der Waals surface area contributed by atoms with Crippen molar-refractivity contribution < 1.29 is 4.52 Å². The van der Waals surface area contributed by atoms with Gasteiger partial charge in [0.2, 0.25) is 5.88 Å². The molecule has 0 radical (unpaired) electrons. The Morgan fingerprint density at radius 1 is 1.29 bits per heavy atom. The first-order valence-electron chi connectivity index (χ1n) is 4.19. The van der Waals surface area contributed by atoms with E-state index in [2.05, 4.69) is 5.16 Å². The minimum absolute atomic E-state index is 0.342. The molecule has 0 saturated heterocycles. The molecule has 0 unspecified atom stereocenters. The molecule has 0 spiro atoms. The Kier molecular flexibility index (Phi) is 2.41. The third-order valence-corrected chi connectivity index (χ3v) is 2.13. The van der Waals surface area contributed by atoms with Gasteiger partial charge >= 0.3 is 0 Å². The van der Waals surface area contributed by atoms with E-state index in [0.29, 0.717) is 12.3 Å². The van der Waals surface area contributed by atoms with E-state index in [9.17, 15) is 0 Å². The lowest BCUT2D eigenvalue weighted by atomic mass is 10.1. The molecule has 0 amide bonds. The van der Waals surface area contributed by atoms with E-state index in [4.69, 9.17) is 21.9 Å². The molecule has 0 atom stereocenters. The lowest BCUT2D eigenvalue weighted by Gasteiger charge is -1.96. The lowest BCUT2D eigenvalue weighted by Crippen LogP contribution is -1.87. The first-order valence-corrected chi connectivity index (χ1v) is 4.57. The van der Waals surface area contributed by atoms with E-state index < -0.39 is 0 Å². The molecule has 4 heteroatoms. The first kappa shape index (κ1) is 9.09. The standard InChI is InChI=1S/C10H9ClN2O/c11-8-3-1-7(2-4-8)5-9-6-10(12)14-13-9/h1-4,6H,5,12H2. The summed E-state index contributed by atoms with van der Waals surface area (Å²) in [5, 5.41) is 4.53. The predicted octanol–water partition coefficient (Wildman–Crippen LogP) is 2.50. The molecule has 0 aliphatic rings. The molecule has 2 rings (SSSR count). The van der Waals surface area contributed by atoms with E-state index in [1.54, 1.807) is 6.07 Å². The fourth-order valence-electron chi connectivity index (χ4n) is 1.22. The topological polar surface area (TPSA) is 52.0 Å². The molecule has 2 aromatic rings. The molecule has 1 aromatic carbocycles. The van der Waals surface area contributed by atoms with Gasteiger partial charge in [0.1, 0.15) is 0 Å². The Labute approximate surface area is 86.5 Å². The van der Waals surface area contributed by atoms with Gasteiger partial charge in [-0.3, -0.25) is 0 Å². The first-order chi connectivity index (χ1) is 6.74. The summed E-state index contributed by atoms with van der Waals surface area (Å²) in [5.74, 6) is 0.342. The third-order valence-electron chi connectivity index (χ3n) is 1.88. The molecule has 0 saturated carbocycles. The van der Waals surface area contributed by atoms with Gasteiger partial charge in [0.15, 0.2) is 0 Å². The van der Waals surface area contributed by atoms with Gasteiger partial charge in [-0.25, -0.2) is 0 Å². The van der Waals surface area contributed by atoms with Crippen molar-refractivity contribution in [1.29, 1.82) is 0 Å². The molecule has 0 bridgehead atoms. The van der Waals surface area contributed by atoms with Crippen LogP contribution >= 0.6 is 11.6 Å². The number of nitrogen functional groups attached to an aromatic ring is 1. The minimum Gasteiger partial charge on any atom is -0.368 e. The summed E-state index contributed by atoms with van der Waals surface area (Å²) in [5.41, 5.74) is 7.36. The third kappa shape index (κ3) is 2.06. The molecule has 0 fully saturated rings. The largest absolute Gasteiger partial charge is 0.368 e. The maximum absolute atomic E-state index is 5.76. The Bertz CT molecular complexity index is 422. The van der Waals surface area contributed by atoms with Crippen molar-refractivity contribution in [1.82, 2.24) is 5.16 Å². The number of aromatic nitrogens is 1. The quantitative estimate of drug-likeness (QED) is 0.825. The number of nitrogens with two attached hydrogens (primary N) is 1. The number of anilines is 1. The number of nitrogens with zero attached hydrogens (tertiary/aromatic N) is 1. The van der Waals surface area contributed by atoms with E-state index in [0.717, 1.165) is 16.3 Å². The highest BCUT2D eigenvalue weighted by Crippen LogP contribution is 2.14. The number of halogens is 1. The van der Waals surface area contributed by atoms with Gasteiger partial charge in [-0.2, -0.15) is 0 Å². The number of rotatable bonds is 2. The molecule has 0 aliphatic heterocycles. The van der Waals surface area contributed by atoms with Gasteiger partial charge in [-0.1, -0.05) is 28.9 Å². The molecule has 72 valence electrons. The average Bonchev–Trinajstić information content (AvgIpc) is 2.56. The van der Waals surface area contributed by atoms with Crippen LogP contribution in [0.3, 0.4) is 0 Å². The SMILES string of the molecule is Nc1cc(Cc2ccc(Cl)cc2)no1. The van der Waals surface area contributed by atoms with Crippen LogP contribution in [0.25, 0.3) is 0 Å². The van der Waals surface area contributed by atoms with Crippen molar-refractivity contribution in [3.63, 3.8) is 0 Å². The zero-order valence-electron chi connectivity index (χ0n) is 7.40. The number of benzene rings is 1.